The normalized spacial score (nSPS) is 15.0. The zero-order chi connectivity index (χ0) is 22.1. The molecular weight excluding hydrogens is 458 g/mol. The summed E-state index contributed by atoms with van der Waals surface area (Å²) in [6.07, 6.45) is 1.60. The van der Waals surface area contributed by atoms with Crippen LogP contribution in [0, 0.1) is 0 Å². The van der Waals surface area contributed by atoms with Crippen LogP contribution in [0.2, 0.25) is 5.02 Å². The summed E-state index contributed by atoms with van der Waals surface area (Å²) in [5, 5.41) is 11.3. The van der Waals surface area contributed by atoms with Gasteiger partial charge in [-0.15, -0.1) is 0 Å². The Labute approximate surface area is 192 Å². The Morgan fingerprint density at radius 3 is 2.61 bits per heavy atom. The number of rotatable bonds is 5. The lowest BCUT2D eigenvalue weighted by molar-refractivity contribution is -0.255. The van der Waals surface area contributed by atoms with Gasteiger partial charge in [-0.1, -0.05) is 35.6 Å². The predicted molar refractivity (Wildman–Crippen MR) is 122 cm³/mol. The van der Waals surface area contributed by atoms with E-state index in [0.29, 0.717) is 37.7 Å². The number of anilines is 1. The standard InChI is InChI=1S/C22H14ClNO5S2/c1-28-14-5-3-13(4-6-14)24-20(25)19(31-22(24)30)11-15-7-9-18(29-15)12-2-8-17(23)16(10-12)21(26)27/h2-11H,1H3,(H,26,27)/p-1/b19-11+. The third-order valence-corrected chi connectivity index (χ3v) is 6.13. The first-order valence-corrected chi connectivity index (χ1v) is 10.5. The molecule has 0 unspecified atom stereocenters. The van der Waals surface area contributed by atoms with Crippen molar-refractivity contribution in [2.24, 2.45) is 0 Å². The third-order valence-electron chi connectivity index (χ3n) is 4.50. The van der Waals surface area contributed by atoms with Crippen LogP contribution in [0.25, 0.3) is 17.4 Å². The summed E-state index contributed by atoms with van der Waals surface area (Å²) < 4.78 is 11.3. The number of carboxylic acid groups (broad SMARTS) is 1. The van der Waals surface area contributed by atoms with Crippen molar-refractivity contribution in [3.63, 3.8) is 0 Å². The maximum absolute atomic E-state index is 12.9. The molecule has 1 aliphatic rings. The first-order chi connectivity index (χ1) is 14.9. The summed E-state index contributed by atoms with van der Waals surface area (Å²) in [6, 6.07) is 14.9. The third kappa shape index (κ3) is 4.23. The highest BCUT2D eigenvalue weighted by molar-refractivity contribution is 8.27. The Morgan fingerprint density at radius 2 is 1.94 bits per heavy atom. The van der Waals surface area contributed by atoms with Crippen LogP contribution in [0.3, 0.4) is 0 Å². The molecule has 0 radical (unpaired) electrons. The molecule has 0 saturated carbocycles. The largest absolute Gasteiger partial charge is 0.545 e. The van der Waals surface area contributed by atoms with Crippen molar-refractivity contribution in [3.8, 4) is 17.1 Å². The number of furan rings is 1. The van der Waals surface area contributed by atoms with Gasteiger partial charge in [-0.3, -0.25) is 9.69 Å². The summed E-state index contributed by atoms with van der Waals surface area (Å²) in [7, 11) is 1.57. The molecule has 4 rings (SSSR count). The minimum Gasteiger partial charge on any atom is -0.545 e. The van der Waals surface area contributed by atoms with E-state index in [1.165, 1.54) is 28.8 Å². The van der Waals surface area contributed by atoms with E-state index in [0.717, 1.165) is 0 Å². The molecule has 31 heavy (non-hydrogen) atoms. The Balaban J connectivity index is 1.59. The van der Waals surface area contributed by atoms with E-state index in [-0.39, 0.29) is 16.5 Å². The molecule has 156 valence electrons. The molecular formula is C22H13ClNO5S2-. The van der Waals surface area contributed by atoms with Gasteiger partial charge in [0.2, 0.25) is 0 Å². The summed E-state index contributed by atoms with van der Waals surface area (Å²) >= 11 is 12.4. The highest BCUT2D eigenvalue weighted by atomic mass is 35.5. The maximum atomic E-state index is 12.9. The number of carboxylic acids is 1. The number of methoxy groups -OCH3 is 1. The van der Waals surface area contributed by atoms with Gasteiger partial charge in [-0.25, -0.2) is 0 Å². The van der Waals surface area contributed by atoms with Crippen LogP contribution in [0.1, 0.15) is 16.1 Å². The van der Waals surface area contributed by atoms with Gasteiger partial charge in [0.1, 0.15) is 17.3 Å². The number of carbonyl (C=O) groups is 2. The molecule has 1 aromatic heterocycles. The van der Waals surface area contributed by atoms with Gasteiger partial charge in [0.15, 0.2) is 4.32 Å². The van der Waals surface area contributed by atoms with Crippen molar-refractivity contribution in [2.75, 3.05) is 12.0 Å². The molecule has 0 bridgehead atoms. The van der Waals surface area contributed by atoms with Gasteiger partial charge < -0.3 is 19.1 Å². The van der Waals surface area contributed by atoms with Crippen LogP contribution < -0.4 is 14.7 Å². The number of amides is 1. The number of halogens is 1. The van der Waals surface area contributed by atoms with Crippen LogP contribution in [-0.2, 0) is 4.79 Å². The molecule has 1 fully saturated rings. The van der Waals surface area contributed by atoms with Crippen molar-refractivity contribution < 1.29 is 23.8 Å². The molecule has 0 spiro atoms. The minimum atomic E-state index is -1.37. The molecule has 1 aliphatic heterocycles. The number of hydrogen-bond donors (Lipinski definition) is 0. The summed E-state index contributed by atoms with van der Waals surface area (Å²) in [4.78, 5) is 25.9. The highest BCUT2D eigenvalue weighted by Gasteiger charge is 2.33. The first kappa shape index (κ1) is 21.2. The van der Waals surface area contributed by atoms with Crippen molar-refractivity contribution in [1.29, 1.82) is 0 Å². The summed E-state index contributed by atoms with van der Waals surface area (Å²) in [5.41, 5.74) is 1.04. The fourth-order valence-electron chi connectivity index (χ4n) is 2.97. The predicted octanol–water partition coefficient (Wildman–Crippen LogP) is 4.38. The Morgan fingerprint density at radius 1 is 1.19 bits per heavy atom. The zero-order valence-electron chi connectivity index (χ0n) is 16.0. The number of thiocarbonyl (C=S) groups is 1. The lowest BCUT2D eigenvalue weighted by atomic mass is 10.1. The second kappa shape index (κ2) is 8.58. The molecule has 9 heteroatoms. The number of nitrogens with zero attached hydrogens (tertiary/aromatic N) is 1. The number of carbonyl (C=O) groups excluding carboxylic acids is 2. The number of hydrogen-bond acceptors (Lipinski definition) is 7. The molecule has 1 amide bonds. The second-order valence-corrected chi connectivity index (χ2v) is 8.48. The van der Waals surface area contributed by atoms with Crippen molar-refractivity contribution >= 4 is 63.5 Å². The molecule has 6 nitrogen and oxygen atoms in total. The van der Waals surface area contributed by atoms with Crippen LogP contribution in [0.5, 0.6) is 5.75 Å². The smallest absolute Gasteiger partial charge is 0.270 e. The number of benzene rings is 2. The van der Waals surface area contributed by atoms with E-state index in [9.17, 15) is 14.7 Å². The molecule has 2 aromatic carbocycles. The fourth-order valence-corrected chi connectivity index (χ4v) is 4.45. The monoisotopic (exact) mass is 470 g/mol. The topological polar surface area (TPSA) is 82.8 Å². The number of thioether (sulfide) groups is 1. The maximum Gasteiger partial charge on any atom is 0.270 e. The molecule has 1 saturated heterocycles. The number of ether oxygens (including phenoxy) is 1. The van der Waals surface area contributed by atoms with E-state index in [4.69, 9.17) is 33.0 Å². The van der Waals surface area contributed by atoms with Crippen molar-refractivity contribution in [2.45, 2.75) is 0 Å². The van der Waals surface area contributed by atoms with E-state index in [2.05, 4.69) is 0 Å². The molecule has 0 N–H and O–H groups in total. The van der Waals surface area contributed by atoms with Gasteiger partial charge in [-0.05, 0) is 54.6 Å². The first-order valence-electron chi connectivity index (χ1n) is 8.90. The Kier molecular flexibility index (Phi) is 5.86. The highest BCUT2D eigenvalue weighted by Crippen LogP contribution is 2.37. The van der Waals surface area contributed by atoms with Crippen LogP contribution >= 0.6 is 35.6 Å². The van der Waals surface area contributed by atoms with Gasteiger partial charge in [-0.2, -0.15) is 0 Å². The molecule has 3 aromatic rings. The molecule has 0 atom stereocenters. The minimum absolute atomic E-state index is 0.0812. The zero-order valence-corrected chi connectivity index (χ0v) is 18.3. The van der Waals surface area contributed by atoms with Gasteiger partial charge in [0.25, 0.3) is 5.91 Å². The van der Waals surface area contributed by atoms with Crippen molar-refractivity contribution in [3.05, 3.63) is 75.8 Å². The second-order valence-electron chi connectivity index (χ2n) is 6.40. The summed E-state index contributed by atoms with van der Waals surface area (Å²) in [5.74, 6) is -0.104. The fraction of sp³-hybridized carbons (Fsp3) is 0.0455. The molecule has 0 aliphatic carbocycles. The quantitative estimate of drug-likeness (QED) is 0.404. The Bertz CT molecular complexity index is 1230. The van der Waals surface area contributed by atoms with E-state index < -0.39 is 5.97 Å². The SMILES string of the molecule is COc1ccc(N2C(=O)/C(=C\c3ccc(-c4ccc(Cl)c(C(=O)[O-])c4)o3)SC2=S)cc1. The molecule has 2 heterocycles. The van der Waals surface area contributed by atoms with Crippen LogP contribution in [-0.4, -0.2) is 23.3 Å². The van der Waals surface area contributed by atoms with Gasteiger partial charge >= 0.3 is 0 Å². The van der Waals surface area contributed by atoms with Crippen molar-refractivity contribution in [1.82, 2.24) is 0 Å². The average molecular weight is 471 g/mol. The summed E-state index contributed by atoms with van der Waals surface area (Å²) in [6.45, 7) is 0. The lowest BCUT2D eigenvalue weighted by Gasteiger charge is -2.14. The van der Waals surface area contributed by atoms with Crippen LogP contribution in [0.15, 0.2) is 63.9 Å². The Hall–Kier alpha value is -3.07. The van der Waals surface area contributed by atoms with Crippen LogP contribution in [0.4, 0.5) is 5.69 Å². The average Bonchev–Trinajstić information content (AvgIpc) is 3.33. The van der Waals surface area contributed by atoms with E-state index in [1.54, 1.807) is 55.7 Å². The van der Waals surface area contributed by atoms with Gasteiger partial charge in [0, 0.05) is 22.2 Å². The van der Waals surface area contributed by atoms with E-state index >= 15 is 0 Å². The van der Waals surface area contributed by atoms with Gasteiger partial charge in [0.05, 0.1) is 23.7 Å². The lowest BCUT2D eigenvalue weighted by Crippen LogP contribution is -2.27. The van der Waals surface area contributed by atoms with E-state index in [1.807, 2.05) is 0 Å². The number of aromatic carboxylic acids is 1.